The number of nitrogens with one attached hydrogen (secondary N) is 2. The van der Waals surface area contributed by atoms with Crippen molar-refractivity contribution in [3.05, 3.63) is 178 Å². The van der Waals surface area contributed by atoms with E-state index >= 15 is 0 Å². The fraction of sp³-hybridized carbons (Fsp3) is 0.220. The maximum Gasteiger partial charge on any atom is 0.290 e. The zero-order chi connectivity index (χ0) is 42.2. The summed E-state index contributed by atoms with van der Waals surface area (Å²) in [6.45, 7) is 5.24. The Morgan fingerprint density at radius 2 is 1.45 bits per heavy atom. The molecule has 0 aromatic heterocycles. The number of rotatable bonds is 14. The van der Waals surface area contributed by atoms with E-state index in [-0.39, 0.29) is 42.0 Å². The molecule has 0 aliphatic carbocycles. The van der Waals surface area contributed by atoms with Gasteiger partial charge >= 0.3 is 0 Å². The van der Waals surface area contributed by atoms with E-state index in [9.17, 15) is 28.4 Å². The Hall–Kier alpha value is -6.39. The third kappa shape index (κ3) is 10.4. The smallest absolute Gasteiger partial charge is 0.290 e. The first-order valence-electron chi connectivity index (χ1n) is 20.2. The molecule has 10 heteroatoms. The van der Waals surface area contributed by atoms with Crippen LogP contribution in [0.5, 0.6) is 0 Å². The van der Waals surface area contributed by atoms with Crippen LogP contribution in [0.1, 0.15) is 69.7 Å². The number of halogens is 1. The van der Waals surface area contributed by atoms with Crippen molar-refractivity contribution < 1.29 is 28.4 Å². The number of hydrogen-bond donors (Lipinski definition) is 2. The molecular weight excluding hydrogens is 774 g/mol. The molecule has 8 nitrogen and oxygen atoms in total. The Labute approximate surface area is 354 Å². The molecule has 2 heterocycles. The van der Waals surface area contributed by atoms with Crippen molar-refractivity contribution in [3.8, 4) is 11.1 Å². The lowest BCUT2D eigenvalue weighted by Crippen LogP contribution is -2.43. The van der Waals surface area contributed by atoms with Crippen LogP contribution in [-0.4, -0.2) is 52.8 Å². The first kappa shape index (κ1) is 41.8. The first-order chi connectivity index (χ1) is 29.0. The molecule has 7 rings (SSSR count). The summed E-state index contributed by atoms with van der Waals surface area (Å²) in [4.78, 5) is 66.4. The van der Waals surface area contributed by atoms with Crippen molar-refractivity contribution in [1.29, 1.82) is 0 Å². The molecule has 0 saturated carbocycles. The van der Waals surface area contributed by atoms with E-state index in [4.69, 9.17) is 0 Å². The first-order valence-corrected chi connectivity index (χ1v) is 21.0. The number of imide groups is 1. The number of ketones is 1. The van der Waals surface area contributed by atoms with Crippen molar-refractivity contribution in [2.24, 2.45) is 17.8 Å². The summed E-state index contributed by atoms with van der Waals surface area (Å²) in [6.07, 6.45) is 7.33. The molecule has 2 saturated heterocycles. The van der Waals surface area contributed by atoms with Gasteiger partial charge in [0.25, 0.3) is 17.1 Å². The number of thioether (sulfide) groups is 1. The van der Waals surface area contributed by atoms with Crippen LogP contribution < -0.4 is 10.6 Å². The molecule has 0 bridgehead atoms. The topological polar surface area (TPSA) is 113 Å². The lowest BCUT2D eigenvalue weighted by Gasteiger charge is -2.27. The lowest BCUT2D eigenvalue weighted by atomic mass is 9.79. The SMILES string of the molecule is CC(C)CC(Cc1ccccc1-c1ccccc1)[C@@H]1C[C@@H](CNC(=O)/C=C/c2ccc(/C=C3/SC(=O)NC3=O)cc2)N(C(=O)c2ccc(C(=O)c3ccc(F)cc3)cc2)C1. The van der Waals surface area contributed by atoms with Gasteiger partial charge < -0.3 is 10.2 Å². The van der Waals surface area contributed by atoms with Gasteiger partial charge in [-0.3, -0.25) is 29.3 Å². The standard InChI is InChI=1S/C50H46FN3O5S/c1-32(2)26-40(28-39-10-6-7-11-44(39)35-8-4-3-5-9-35)41-29-43(30-52-46(55)25-16-33-12-14-34(15-13-33)27-45-48(57)53-50(59)60-45)54(31-41)49(58)38-19-17-36(18-20-38)47(56)37-21-23-42(51)24-22-37/h3-25,27,32,40-41,43H,26,28-31H2,1-2H3,(H,52,55)(H,53,57,59)/b25-16+,45-27+/t40?,41-,43+/m1/s1. The largest absolute Gasteiger partial charge is 0.350 e. The predicted octanol–water partition coefficient (Wildman–Crippen LogP) is 9.61. The molecule has 5 aromatic carbocycles. The monoisotopic (exact) mass is 819 g/mol. The zero-order valence-electron chi connectivity index (χ0n) is 33.5. The number of carbonyl (C=O) groups is 5. The Morgan fingerprint density at radius 1 is 0.817 bits per heavy atom. The molecule has 3 atom stereocenters. The highest BCUT2D eigenvalue weighted by Gasteiger charge is 2.39. The quantitative estimate of drug-likeness (QED) is 0.0853. The van der Waals surface area contributed by atoms with E-state index in [2.05, 4.69) is 73.0 Å². The van der Waals surface area contributed by atoms with Crippen LogP contribution >= 0.6 is 11.8 Å². The third-order valence-electron chi connectivity index (χ3n) is 11.0. The summed E-state index contributed by atoms with van der Waals surface area (Å²) in [5.74, 6) is -0.724. The van der Waals surface area contributed by atoms with Crippen LogP contribution in [0.15, 0.2) is 138 Å². The molecule has 0 spiro atoms. The minimum absolute atomic E-state index is 0.164. The molecule has 4 amide bonds. The van der Waals surface area contributed by atoms with E-state index in [1.807, 2.05) is 23.1 Å². The summed E-state index contributed by atoms with van der Waals surface area (Å²) < 4.78 is 13.5. The number of carbonyl (C=O) groups excluding carboxylic acids is 5. The lowest BCUT2D eigenvalue weighted by molar-refractivity contribution is -0.117. The molecule has 1 unspecified atom stereocenters. The van der Waals surface area contributed by atoms with Crippen molar-refractivity contribution >= 4 is 52.7 Å². The van der Waals surface area contributed by atoms with Crippen LogP contribution in [-0.2, 0) is 16.0 Å². The average Bonchev–Trinajstić information content (AvgIpc) is 3.83. The summed E-state index contributed by atoms with van der Waals surface area (Å²) in [5.41, 5.74) is 6.34. The minimum Gasteiger partial charge on any atom is -0.350 e. The highest BCUT2D eigenvalue weighted by atomic mass is 32.2. The van der Waals surface area contributed by atoms with E-state index < -0.39 is 17.0 Å². The molecule has 2 N–H and O–H groups in total. The van der Waals surface area contributed by atoms with Gasteiger partial charge in [-0.1, -0.05) is 105 Å². The van der Waals surface area contributed by atoms with Gasteiger partial charge in [-0.05, 0) is 125 Å². The van der Waals surface area contributed by atoms with Gasteiger partial charge in [0.05, 0.1) is 4.91 Å². The van der Waals surface area contributed by atoms with Crippen LogP contribution in [0.25, 0.3) is 23.3 Å². The molecular formula is C50H46FN3O5S. The van der Waals surface area contributed by atoms with Crippen molar-refractivity contribution in [2.45, 2.75) is 39.2 Å². The molecule has 2 aliphatic rings. The molecule has 2 fully saturated rings. The molecule has 5 aromatic rings. The fourth-order valence-electron chi connectivity index (χ4n) is 8.09. The average molecular weight is 820 g/mol. The van der Waals surface area contributed by atoms with E-state index in [1.165, 1.54) is 41.5 Å². The number of amides is 4. The van der Waals surface area contributed by atoms with Gasteiger partial charge in [0.2, 0.25) is 5.91 Å². The van der Waals surface area contributed by atoms with Gasteiger partial charge in [0.1, 0.15) is 5.82 Å². The van der Waals surface area contributed by atoms with Gasteiger partial charge in [-0.2, -0.15) is 0 Å². The minimum atomic E-state index is -0.425. The van der Waals surface area contributed by atoms with E-state index in [1.54, 1.807) is 48.6 Å². The molecule has 0 radical (unpaired) electrons. The van der Waals surface area contributed by atoms with Gasteiger partial charge in [-0.25, -0.2) is 4.39 Å². The van der Waals surface area contributed by atoms with Crippen molar-refractivity contribution in [2.75, 3.05) is 13.1 Å². The second-order valence-corrected chi connectivity index (χ2v) is 16.7. The second kappa shape index (κ2) is 19.1. The third-order valence-corrected chi connectivity index (χ3v) is 11.9. The van der Waals surface area contributed by atoms with Crippen LogP contribution in [0.4, 0.5) is 9.18 Å². The summed E-state index contributed by atoms with van der Waals surface area (Å²) >= 11 is 0.856. The summed E-state index contributed by atoms with van der Waals surface area (Å²) in [6, 6.07) is 37.8. The maximum absolute atomic E-state index is 14.4. The number of likely N-dealkylation sites (tertiary alicyclic amines) is 1. The van der Waals surface area contributed by atoms with Gasteiger partial charge in [0.15, 0.2) is 5.78 Å². The van der Waals surface area contributed by atoms with E-state index in [0.717, 1.165) is 41.3 Å². The van der Waals surface area contributed by atoms with E-state index in [0.29, 0.717) is 40.5 Å². The summed E-state index contributed by atoms with van der Waals surface area (Å²) in [5, 5.41) is 4.89. The van der Waals surface area contributed by atoms with Crippen LogP contribution in [0, 0.1) is 23.6 Å². The molecule has 60 heavy (non-hydrogen) atoms. The van der Waals surface area contributed by atoms with Gasteiger partial charge in [-0.15, -0.1) is 0 Å². The maximum atomic E-state index is 14.4. The highest BCUT2D eigenvalue weighted by molar-refractivity contribution is 8.18. The number of benzene rings is 5. The van der Waals surface area contributed by atoms with Gasteiger partial charge in [0, 0.05) is 41.9 Å². The predicted molar refractivity (Wildman–Crippen MR) is 235 cm³/mol. The Morgan fingerprint density at radius 3 is 2.12 bits per heavy atom. The normalized spacial score (nSPS) is 17.7. The number of nitrogens with zero attached hydrogens (tertiary/aromatic N) is 1. The van der Waals surface area contributed by atoms with Crippen LogP contribution in [0.3, 0.4) is 0 Å². The molecule has 304 valence electrons. The second-order valence-electron chi connectivity index (χ2n) is 15.7. The Bertz CT molecular complexity index is 2430. The molecule has 2 aliphatic heterocycles. The number of hydrogen-bond acceptors (Lipinski definition) is 6. The van der Waals surface area contributed by atoms with Crippen molar-refractivity contribution in [3.63, 3.8) is 0 Å². The zero-order valence-corrected chi connectivity index (χ0v) is 34.3. The van der Waals surface area contributed by atoms with Crippen LogP contribution in [0.2, 0.25) is 0 Å². The fourth-order valence-corrected chi connectivity index (χ4v) is 8.77. The van der Waals surface area contributed by atoms with Crippen molar-refractivity contribution in [1.82, 2.24) is 15.5 Å². The Kier molecular flexibility index (Phi) is 13.3. The highest BCUT2D eigenvalue weighted by Crippen LogP contribution is 2.37. The summed E-state index contributed by atoms with van der Waals surface area (Å²) in [7, 11) is 0. The Balaban J connectivity index is 1.09.